The fourth-order valence-corrected chi connectivity index (χ4v) is 2.32. The fourth-order valence-electron chi connectivity index (χ4n) is 1.62. The first-order valence-electron chi connectivity index (χ1n) is 6.54. The van der Waals surface area contributed by atoms with Crippen LogP contribution in [0.25, 0.3) is 0 Å². The molecule has 2 rings (SSSR count). The number of nitrogens with zero attached hydrogens (tertiary/aromatic N) is 2. The van der Waals surface area contributed by atoms with Crippen LogP contribution in [0, 0.1) is 0 Å². The van der Waals surface area contributed by atoms with Gasteiger partial charge in [-0.1, -0.05) is 18.3 Å². The van der Waals surface area contributed by atoms with Gasteiger partial charge in [-0.05, 0) is 24.6 Å². The summed E-state index contributed by atoms with van der Waals surface area (Å²) in [6.07, 6.45) is 1.48. The van der Waals surface area contributed by atoms with Crippen molar-refractivity contribution in [3.8, 4) is 11.5 Å². The van der Waals surface area contributed by atoms with Gasteiger partial charge in [-0.2, -0.15) is 0 Å². The van der Waals surface area contributed by atoms with E-state index in [0.717, 1.165) is 11.4 Å². The summed E-state index contributed by atoms with van der Waals surface area (Å²) in [6, 6.07) is 4.70. The smallest absolute Gasteiger partial charge is 0.264 e. The zero-order valence-corrected chi connectivity index (χ0v) is 13.0. The fraction of sp³-hybridized carbons (Fsp3) is 0.286. The predicted octanol–water partition coefficient (Wildman–Crippen LogP) is 1.94. The monoisotopic (exact) mass is 321 g/mol. The van der Waals surface area contributed by atoms with E-state index in [1.54, 1.807) is 18.2 Å². The molecule has 116 valence electrons. The number of carbonyl (C=O) groups excluding carboxylic acids is 2. The summed E-state index contributed by atoms with van der Waals surface area (Å²) in [5.74, 6) is 0.427. The third-order valence-electron chi connectivity index (χ3n) is 2.70. The molecule has 0 aliphatic carbocycles. The number of carbonyl (C=O) groups is 2. The van der Waals surface area contributed by atoms with Crippen LogP contribution in [0.1, 0.15) is 22.3 Å². The highest BCUT2D eigenvalue weighted by Crippen LogP contribution is 2.27. The number of benzene rings is 1. The molecule has 1 N–H and O–H groups in total. The Morgan fingerprint density at radius 3 is 2.82 bits per heavy atom. The third kappa shape index (κ3) is 4.01. The van der Waals surface area contributed by atoms with Gasteiger partial charge in [-0.25, -0.2) is 0 Å². The van der Waals surface area contributed by atoms with Crippen molar-refractivity contribution in [3.63, 3.8) is 0 Å². The molecule has 1 aromatic heterocycles. The van der Waals surface area contributed by atoms with Gasteiger partial charge in [0.25, 0.3) is 5.91 Å². The second-order valence-corrected chi connectivity index (χ2v) is 5.28. The Hall–Kier alpha value is -2.48. The van der Waals surface area contributed by atoms with Crippen LogP contribution in [0.15, 0.2) is 18.2 Å². The van der Waals surface area contributed by atoms with E-state index in [0.29, 0.717) is 28.5 Å². The summed E-state index contributed by atoms with van der Waals surface area (Å²) in [7, 11) is 1.46. The van der Waals surface area contributed by atoms with Gasteiger partial charge in [0.15, 0.2) is 18.1 Å². The van der Waals surface area contributed by atoms with E-state index in [-0.39, 0.29) is 12.5 Å². The topological polar surface area (TPSA) is 90.4 Å². The van der Waals surface area contributed by atoms with Crippen LogP contribution >= 0.6 is 11.3 Å². The Bertz CT molecular complexity index is 672. The Labute approximate surface area is 131 Å². The van der Waals surface area contributed by atoms with Crippen molar-refractivity contribution in [1.82, 2.24) is 10.2 Å². The molecular weight excluding hydrogens is 306 g/mol. The lowest BCUT2D eigenvalue weighted by Crippen LogP contribution is -2.20. The van der Waals surface area contributed by atoms with Gasteiger partial charge in [0.1, 0.15) is 11.3 Å². The van der Waals surface area contributed by atoms with Crippen LogP contribution in [0.4, 0.5) is 5.13 Å². The molecule has 0 fully saturated rings. The number of rotatable bonds is 7. The van der Waals surface area contributed by atoms with Gasteiger partial charge in [0.2, 0.25) is 5.13 Å². The molecular formula is C14H15N3O4S. The average molecular weight is 321 g/mol. The maximum absolute atomic E-state index is 11.8. The molecule has 0 aliphatic rings. The van der Waals surface area contributed by atoms with E-state index in [1.807, 2.05) is 6.92 Å². The number of methoxy groups -OCH3 is 1. The minimum atomic E-state index is -0.347. The number of aryl methyl sites for hydroxylation is 1. The van der Waals surface area contributed by atoms with Crippen molar-refractivity contribution < 1.29 is 19.1 Å². The Morgan fingerprint density at radius 2 is 2.18 bits per heavy atom. The van der Waals surface area contributed by atoms with Crippen molar-refractivity contribution in [2.24, 2.45) is 0 Å². The molecule has 1 amide bonds. The summed E-state index contributed by atoms with van der Waals surface area (Å²) >= 11 is 1.32. The second-order valence-electron chi connectivity index (χ2n) is 4.22. The number of nitrogens with one attached hydrogen (secondary N) is 1. The number of anilines is 1. The van der Waals surface area contributed by atoms with Crippen molar-refractivity contribution in [2.45, 2.75) is 13.3 Å². The van der Waals surface area contributed by atoms with Crippen LogP contribution in [-0.2, 0) is 11.2 Å². The van der Waals surface area contributed by atoms with Gasteiger partial charge in [0.05, 0.1) is 7.11 Å². The van der Waals surface area contributed by atoms with Crippen molar-refractivity contribution in [3.05, 3.63) is 28.8 Å². The van der Waals surface area contributed by atoms with E-state index in [1.165, 1.54) is 18.4 Å². The molecule has 1 aromatic carbocycles. The molecule has 0 unspecified atom stereocenters. The molecule has 8 heteroatoms. The highest BCUT2D eigenvalue weighted by Gasteiger charge is 2.11. The number of amides is 1. The van der Waals surface area contributed by atoms with Crippen LogP contribution in [0.2, 0.25) is 0 Å². The highest BCUT2D eigenvalue weighted by atomic mass is 32.1. The summed E-state index contributed by atoms with van der Waals surface area (Å²) in [4.78, 5) is 22.5. The number of aldehydes is 1. The standard InChI is InChI=1S/C14H15N3O4S/c1-3-13-16-17-14(22-13)15-12(19)8-21-10-5-4-9(7-18)6-11(10)20-2/h4-7H,3,8H2,1-2H3,(H,15,17,19). The Balaban J connectivity index is 1.94. The van der Waals surface area contributed by atoms with E-state index in [2.05, 4.69) is 15.5 Å². The largest absolute Gasteiger partial charge is 0.493 e. The van der Waals surface area contributed by atoms with Crippen LogP contribution in [0.5, 0.6) is 11.5 Å². The summed E-state index contributed by atoms with van der Waals surface area (Å²) in [5, 5.41) is 11.7. The minimum absolute atomic E-state index is 0.197. The minimum Gasteiger partial charge on any atom is -0.493 e. The maximum atomic E-state index is 11.8. The summed E-state index contributed by atoms with van der Waals surface area (Å²) in [5.41, 5.74) is 0.467. The maximum Gasteiger partial charge on any atom is 0.264 e. The zero-order valence-electron chi connectivity index (χ0n) is 12.2. The van der Waals surface area contributed by atoms with Crippen molar-refractivity contribution >= 4 is 28.7 Å². The molecule has 2 aromatic rings. The van der Waals surface area contributed by atoms with E-state index in [4.69, 9.17) is 9.47 Å². The molecule has 0 atom stereocenters. The SMILES string of the molecule is CCc1nnc(NC(=O)COc2ccc(C=O)cc2OC)s1. The van der Waals surface area contributed by atoms with Crippen LogP contribution in [0.3, 0.4) is 0 Å². The lowest BCUT2D eigenvalue weighted by atomic mass is 10.2. The molecule has 0 saturated carbocycles. The number of aromatic nitrogens is 2. The lowest BCUT2D eigenvalue weighted by Gasteiger charge is -2.10. The quantitative estimate of drug-likeness (QED) is 0.784. The molecule has 0 bridgehead atoms. The molecule has 22 heavy (non-hydrogen) atoms. The second kappa shape index (κ2) is 7.51. The lowest BCUT2D eigenvalue weighted by molar-refractivity contribution is -0.118. The number of hydrogen-bond donors (Lipinski definition) is 1. The van der Waals surface area contributed by atoms with E-state index in [9.17, 15) is 9.59 Å². The van der Waals surface area contributed by atoms with Crippen LogP contribution in [-0.4, -0.2) is 36.1 Å². The molecule has 1 heterocycles. The normalized spacial score (nSPS) is 10.1. The first-order chi connectivity index (χ1) is 10.7. The molecule has 0 spiro atoms. The van der Waals surface area contributed by atoms with Crippen molar-refractivity contribution in [1.29, 1.82) is 0 Å². The predicted molar refractivity (Wildman–Crippen MR) is 81.8 cm³/mol. The van der Waals surface area contributed by atoms with Gasteiger partial charge < -0.3 is 9.47 Å². The first kappa shape index (κ1) is 15.9. The van der Waals surface area contributed by atoms with Gasteiger partial charge in [-0.15, -0.1) is 10.2 Å². The molecule has 0 radical (unpaired) electrons. The van der Waals surface area contributed by atoms with E-state index >= 15 is 0 Å². The molecule has 0 saturated heterocycles. The Kier molecular flexibility index (Phi) is 5.42. The molecule has 0 aliphatic heterocycles. The van der Waals surface area contributed by atoms with Gasteiger partial charge in [0, 0.05) is 5.56 Å². The summed E-state index contributed by atoms with van der Waals surface area (Å²) < 4.78 is 10.5. The first-order valence-corrected chi connectivity index (χ1v) is 7.36. The van der Waals surface area contributed by atoms with E-state index < -0.39 is 0 Å². The zero-order chi connectivity index (χ0) is 15.9. The molecule has 7 nitrogen and oxygen atoms in total. The third-order valence-corrected chi connectivity index (χ3v) is 3.68. The van der Waals surface area contributed by atoms with Crippen LogP contribution < -0.4 is 14.8 Å². The van der Waals surface area contributed by atoms with Gasteiger partial charge in [-0.3, -0.25) is 14.9 Å². The number of hydrogen-bond acceptors (Lipinski definition) is 7. The number of ether oxygens (including phenoxy) is 2. The van der Waals surface area contributed by atoms with Gasteiger partial charge >= 0.3 is 0 Å². The summed E-state index contributed by atoms with van der Waals surface area (Å²) in [6.45, 7) is 1.77. The van der Waals surface area contributed by atoms with Crippen molar-refractivity contribution in [2.75, 3.05) is 19.0 Å². The average Bonchev–Trinajstić information content (AvgIpc) is 3.00. The highest BCUT2D eigenvalue weighted by molar-refractivity contribution is 7.15. The Morgan fingerprint density at radius 1 is 1.36 bits per heavy atom.